The quantitative estimate of drug-likeness (QED) is 0.482. The van der Waals surface area contributed by atoms with E-state index in [9.17, 15) is 28.4 Å². The highest BCUT2D eigenvalue weighted by molar-refractivity contribution is 7.89. The van der Waals surface area contributed by atoms with Crippen LogP contribution in [0.2, 0.25) is 0 Å². The molecule has 0 N–H and O–H groups in total. The Morgan fingerprint density at radius 2 is 1.92 bits per heavy atom. The lowest BCUT2D eigenvalue weighted by atomic mass is 10.2. The molecule has 2 aliphatic rings. The fraction of sp³-hybridized carbons (Fsp3) is 0.533. The number of ether oxygens (including phenoxy) is 1. The molecule has 0 spiro atoms. The number of nitrogens with zero attached hydrogens (tertiary/aromatic N) is 3. The Kier molecular flexibility index (Phi) is 5.12. The summed E-state index contributed by atoms with van der Waals surface area (Å²) in [5.74, 6) is -1.30. The molecule has 0 aliphatic carbocycles. The molecule has 2 heterocycles. The molecule has 1 atom stereocenters. The van der Waals surface area contributed by atoms with E-state index in [0.29, 0.717) is 19.4 Å². The van der Waals surface area contributed by atoms with Crippen molar-refractivity contribution in [2.75, 3.05) is 37.7 Å². The maximum Gasteiger partial charge on any atom is 0.293 e. The first-order chi connectivity index (χ1) is 12.3. The number of hydrogen-bond donors (Lipinski definition) is 0. The van der Waals surface area contributed by atoms with E-state index in [1.54, 1.807) is 0 Å². The number of carbonyl (C=O) groups excluding carboxylic acids is 1. The van der Waals surface area contributed by atoms with Gasteiger partial charge in [0, 0.05) is 25.7 Å². The lowest BCUT2D eigenvalue weighted by molar-refractivity contribution is -0.384. The van der Waals surface area contributed by atoms with Crippen LogP contribution in [0.1, 0.15) is 12.8 Å². The van der Waals surface area contributed by atoms with Crippen LogP contribution in [0.25, 0.3) is 0 Å². The fourth-order valence-electron chi connectivity index (χ4n) is 3.29. The van der Waals surface area contributed by atoms with E-state index in [0.717, 1.165) is 6.07 Å². The second-order valence-corrected chi connectivity index (χ2v) is 8.03. The zero-order valence-corrected chi connectivity index (χ0v) is 14.7. The second kappa shape index (κ2) is 7.17. The molecule has 1 aromatic rings. The highest BCUT2D eigenvalue weighted by atomic mass is 32.2. The van der Waals surface area contributed by atoms with Gasteiger partial charge < -0.3 is 19.5 Å². The van der Waals surface area contributed by atoms with Crippen LogP contribution in [-0.4, -0.2) is 62.5 Å². The molecule has 11 heteroatoms. The molecule has 3 rings (SSSR count). The van der Waals surface area contributed by atoms with Crippen LogP contribution in [0.4, 0.5) is 11.4 Å². The molecule has 1 aromatic carbocycles. The molecule has 142 valence electrons. The van der Waals surface area contributed by atoms with Crippen LogP contribution in [-0.2, 0) is 19.6 Å². The maximum atomic E-state index is 12.7. The number of aliphatic carboxylic acids is 1. The van der Waals surface area contributed by atoms with Crippen molar-refractivity contribution in [1.82, 2.24) is 4.31 Å². The number of sulfonamides is 1. The van der Waals surface area contributed by atoms with Gasteiger partial charge in [-0.1, -0.05) is 0 Å². The van der Waals surface area contributed by atoms with Gasteiger partial charge in [0.2, 0.25) is 10.0 Å². The number of nitro groups is 1. The summed E-state index contributed by atoms with van der Waals surface area (Å²) in [5.41, 5.74) is -0.352. The summed E-state index contributed by atoms with van der Waals surface area (Å²) >= 11 is 0. The van der Waals surface area contributed by atoms with Gasteiger partial charge in [-0.2, -0.15) is 4.31 Å². The number of morpholine rings is 1. The molecule has 0 radical (unpaired) electrons. The van der Waals surface area contributed by atoms with Crippen molar-refractivity contribution in [2.24, 2.45) is 0 Å². The van der Waals surface area contributed by atoms with Crippen LogP contribution in [0.3, 0.4) is 0 Å². The third-order valence-electron chi connectivity index (χ3n) is 4.59. The van der Waals surface area contributed by atoms with Crippen LogP contribution in [0.5, 0.6) is 0 Å². The summed E-state index contributed by atoms with van der Waals surface area (Å²) in [6.07, 6.45) is 0.886. The molecule has 2 saturated heterocycles. The minimum absolute atomic E-state index is 0.0858. The first kappa shape index (κ1) is 18.5. The minimum atomic E-state index is -3.89. The predicted octanol–water partition coefficient (Wildman–Crippen LogP) is -0.666. The Bertz CT molecular complexity index is 821. The number of benzene rings is 1. The molecule has 10 nitrogen and oxygen atoms in total. The minimum Gasteiger partial charge on any atom is -0.548 e. The van der Waals surface area contributed by atoms with E-state index in [1.165, 1.54) is 21.3 Å². The first-order valence-electron chi connectivity index (χ1n) is 8.16. The number of rotatable bonds is 5. The fourth-order valence-corrected chi connectivity index (χ4v) is 4.72. The van der Waals surface area contributed by atoms with Crippen molar-refractivity contribution in [1.29, 1.82) is 0 Å². The van der Waals surface area contributed by atoms with Gasteiger partial charge in [-0.15, -0.1) is 0 Å². The molecule has 26 heavy (non-hydrogen) atoms. The van der Waals surface area contributed by atoms with Gasteiger partial charge in [-0.25, -0.2) is 8.42 Å². The van der Waals surface area contributed by atoms with E-state index in [2.05, 4.69) is 0 Å². The Balaban J connectivity index is 2.00. The van der Waals surface area contributed by atoms with E-state index < -0.39 is 32.6 Å². The first-order valence-corrected chi connectivity index (χ1v) is 9.60. The van der Waals surface area contributed by atoms with Crippen LogP contribution in [0, 0.1) is 10.1 Å². The van der Waals surface area contributed by atoms with Gasteiger partial charge in [0.15, 0.2) is 0 Å². The second-order valence-electron chi connectivity index (χ2n) is 6.09. The normalized spacial score (nSPS) is 21.7. The Morgan fingerprint density at radius 1 is 1.23 bits per heavy atom. The van der Waals surface area contributed by atoms with E-state index in [4.69, 9.17) is 4.74 Å². The molecule has 0 saturated carbocycles. The zero-order valence-electron chi connectivity index (χ0n) is 13.9. The lowest BCUT2D eigenvalue weighted by Crippen LogP contribution is -2.44. The topological polar surface area (TPSA) is 133 Å². The monoisotopic (exact) mass is 384 g/mol. The molecule has 0 unspecified atom stereocenters. The third kappa shape index (κ3) is 3.37. The number of carbonyl (C=O) groups is 1. The van der Waals surface area contributed by atoms with Gasteiger partial charge in [0.05, 0.1) is 35.0 Å². The van der Waals surface area contributed by atoms with E-state index in [1.807, 2.05) is 0 Å². The molecule has 0 aromatic heterocycles. The molecule has 0 bridgehead atoms. The summed E-state index contributed by atoms with van der Waals surface area (Å²) in [6, 6.07) is 2.60. The summed E-state index contributed by atoms with van der Waals surface area (Å²) in [5, 5.41) is 22.8. The Hall–Kier alpha value is -2.24. The molecular formula is C15H18N3O7S-. The highest BCUT2D eigenvalue weighted by Gasteiger charge is 2.33. The van der Waals surface area contributed by atoms with Gasteiger partial charge >= 0.3 is 0 Å². The van der Waals surface area contributed by atoms with Crippen molar-refractivity contribution in [2.45, 2.75) is 23.8 Å². The smallest absolute Gasteiger partial charge is 0.293 e. The molecule has 2 aliphatic heterocycles. The van der Waals surface area contributed by atoms with Gasteiger partial charge in [-0.05, 0) is 25.0 Å². The number of anilines is 1. The highest BCUT2D eigenvalue weighted by Crippen LogP contribution is 2.35. The van der Waals surface area contributed by atoms with Crippen molar-refractivity contribution >= 4 is 27.4 Å². The van der Waals surface area contributed by atoms with Gasteiger partial charge in [0.25, 0.3) is 5.69 Å². The summed E-state index contributed by atoms with van der Waals surface area (Å²) in [4.78, 5) is 23.3. The van der Waals surface area contributed by atoms with E-state index >= 15 is 0 Å². The van der Waals surface area contributed by atoms with Gasteiger partial charge in [0.1, 0.15) is 5.69 Å². The standard InChI is InChI=1S/C15H19N3O7S/c19-15(20)13-2-1-5-17(13)12-4-3-11(10-14(12)18(21)22)26(23,24)16-6-8-25-9-7-16/h3-4,10,13H,1-2,5-9H2,(H,19,20)/p-1/t13-/m1/s1. The predicted molar refractivity (Wildman–Crippen MR) is 88.0 cm³/mol. The zero-order chi connectivity index (χ0) is 18.9. The summed E-state index contributed by atoms with van der Waals surface area (Å²) < 4.78 is 31.7. The number of carboxylic acids is 1. The Labute approximate surface area is 150 Å². The van der Waals surface area contributed by atoms with Crippen molar-refractivity contribution in [3.8, 4) is 0 Å². The van der Waals surface area contributed by atoms with Gasteiger partial charge in [-0.3, -0.25) is 10.1 Å². The summed E-state index contributed by atoms with van der Waals surface area (Å²) in [6.45, 7) is 1.21. The van der Waals surface area contributed by atoms with Crippen molar-refractivity contribution in [3.05, 3.63) is 28.3 Å². The number of carboxylic acid groups (broad SMARTS) is 1. The largest absolute Gasteiger partial charge is 0.548 e. The average Bonchev–Trinajstić information content (AvgIpc) is 3.11. The maximum absolute atomic E-state index is 12.7. The molecule has 2 fully saturated rings. The third-order valence-corrected chi connectivity index (χ3v) is 6.48. The number of hydrogen-bond acceptors (Lipinski definition) is 8. The van der Waals surface area contributed by atoms with Crippen molar-refractivity contribution < 1.29 is 28.0 Å². The number of nitro benzene ring substituents is 1. The SMILES string of the molecule is O=C([O-])[C@H]1CCCN1c1ccc(S(=O)(=O)N2CCOCC2)cc1[N+](=O)[O-]. The summed E-state index contributed by atoms with van der Waals surface area (Å²) in [7, 11) is -3.89. The Morgan fingerprint density at radius 3 is 2.54 bits per heavy atom. The molecular weight excluding hydrogens is 366 g/mol. The van der Waals surface area contributed by atoms with Crippen LogP contribution < -0.4 is 10.0 Å². The van der Waals surface area contributed by atoms with Crippen LogP contribution in [0.15, 0.2) is 23.1 Å². The van der Waals surface area contributed by atoms with E-state index in [-0.39, 0.29) is 36.9 Å². The van der Waals surface area contributed by atoms with Crippen molar-refractivity contribution in [3.63, 3.8) is 0 Å². The van der Waals surface area contributed by atoms with Crippen LogP contribution >= 0.6 is 0 Å². The molecule has 0 amide bonds. The lowest BCUT2D eigenvalue weighted by Gasteiger charge is -2.28. The average molecular weight is 384 g/mol.